The van der Waals surface area contributed by atoms with Crippen LogP contribution in [0.3, 0.4) is 0 Å². The Balaban J connectivity index is 0.000000150. The van der Waals surface area contributed by atoms with Gasteiger partial charge in [-0.1, -0.05) is 75.4 Å². The number of ether oxygens (including phenoxy) is 6. The lowest BCUT2D eigenvalue weighted by molar-refractivity contribution is -0.145. The molecule has 14 nitrogen and oxygen atoms in total. The highest BCUT2D eigenvalue weighted by Crippen LogP contribution is 2.53. The minimum Gasteiger partial charge on any atom is -0.543 e. The molecular formula is C88H92BrN3O11Si. The van der Waals surface area contributed by atoms with Crippen molar-refractivity contribution < 1.29 is 52.3 Å². The molecule has 536 valence electrons. The van der Waals surface area contributed by atoms with Gasteiger partial charge in [0.15, 0.2) is 0 Å². The molecule has 0 radical (unpaired) electrons. The van der Waals surface area contributed by atoms with Crippen LogP contribution in [0.1, 0.15) is 205 Å². The molecule has 14 rings (SSSR count). The number of nitriles is 3. The fraction of sp³-hybridized carbons (Fsp3) is 0.386. The Morgan fingerprint density at radius 3 is 1.11 bits per heavy atom. The van der Waals surface area contributed by atoms with E-state index in [0.717, 1.165) is 169 Å². The number of phenols is 1. The van der Waals surface area contributed by atoms with Crippen LogP contribution in [-0.2, 0) is 47.9 Å². The van der Waals surface area contributed by atoms with Crippen LogP contribution in [-0.4, -0.2) is 51.2 Å². The Morgan fingerprint density at radius 2 is 0.779 bits per heavy atom. The number of hydrogen-bond acceptors (Lipinski definition) is 14. The van der Waals surface area contributed by atoms with Crippen molar-refractivity contribution in [2.24, 2.45) is 17.8 Å². The molecule has 3 fully saturated rings. The normalized spacial score (nSPS) is 20.5. The van der Waals surface area contributed by atoms with E-state index in [-0.39, 0.29) is 82.5 Å². The molecule has 8 aromatic rings. The molecule has 16 heteroatoms. The number of aromatic hydroxyl groups is 1. The number of benzene rings is 8. The highest BCUT2D eigenvalue weighted by Gasteiger charge is 2.47. The van der Waals surface area contributed by atoms with Gasteiger partial charge in [0.1, 0.15) is 53.1 Å². The van der Waals surface area contributed by atoms with E-state index < -0.39 is 8.32 Å². The van der Waals surface area contributed by atoms with Crippen molar-refractivity contribution in [2.75, 3.05) is 19.8 Å². The summed E-state index contributed by atoms with van der Waals surface area (Å²) in [7, 11) is -1.98. The first-order valence-corrected chi connectivity index (χ1v) is 40.3. The summed E-state index contributed by atoms with van der Waals surface area (Å²) in [5, 5.41) is 39.3. The largest absolute Gasteiger partial charge is 0.543 e. The van der Waals surface area contributed by atoms with Crippen molar-refractivity contribution in [3.8, 4) is 69.2 Å². The average molecular weight is 1480 g/mol. The van der Waals surface area contributed by atoms with Crippen LogP contribution >= 0.6 is 15.9 Å². The van der Waals surface area contributed by atoms with Crippen molar-refractivity contribution in [3.63, 3.8) is 0 Å². The van der Waals surface area contributed by atoms with Gasteiger partial charge < -0.3 is 38.0 Å². The maximum atomic E-state index is 12.1. The minimum absolute atomic E-state index is 0.00287. The summed E-state index contributed by atoms with van der Waals surface area (Å²) >= 11 is 3.55. The van der Waals surface area contributed by atoms with Crippen LogP contribution in [0.4, 0.5) is 0 Å². The number of halogens is 1. The van der Waals surface area contributed by atoms with E-state index in [2.05, 4.69) is 112 Å². The van der Waals surface area contributed by atoms with Crippen LogP contribution in [0.5, 0.6) is 28.7 Å². The molecule has 0 unspecified atom stereocenters. The number of hydrogen-bond donors (Lipinski definition) is 1. The van der Waals surface area contributed by atoms with Gasteiger partial charge in [0.25, 0.3) is 0 Å². The second kappa shape index (κ2) is 31.0. The van der Waals surface area contributed by atoms with Gasteiger partial charge in [-0.25, -0.2) is 0 Å². The quantitative estimate of drug-likeness (QED) is 0.0454. The smallest absolute Gasteiger partial charge is 0.309 e. The predicted molar refractivity (Wildman–Crippen MR) is 407 cm³/mol. The fourth-order valence-corrected chi connectivity index (χ4v) is 17.1. The van der Waals surface area contributed by atoms with Gasteiger partial charge in [0.2, 0.25) is 8.32 Å². The SMILES string of the molecule is CCOC(=O)[C@H]1C[C@@H]1c1ccc(O[C@@H]2CCc3c2ccc(C#N)c3-c2c(C)cc(O)cc2C)cc1.CCOC(=O)[C@H]1C[C@@H]1c1ccc(O[C@@H]2CCc3c2ccc(C#N)c3-c2c(C)cc(O[Si](C)(C)C(C)(C)C)cc2C)cc1.CCOC(=O)[C@H]1C[C@@H]1c1ccc(O[C@@H]2CCc3c2ccc(C#N)c3Br)cc1. The highest BCUT2D eigenvalue weighted by molar-refractivity contribution is 9.10. The van der Waals surface area contributed by atoms with E-state index in [1.165, 1.54) is 11.1 Å². The summed E-state index contributed by atoms with van der Waals surface area (Å²) in [5.74, 6) is 3.99. The molecule has 104 heavy (non-hydrogen) atoms. The number of fused-ring (bicyclic) bond motifs is 3. The summed E-state index contributed by atoms with van der Waals surface area (Å²) in [6.45, 7) is 26.3. The minimum atomic E-state index is -1.98. The van der Waals surface area contributed by atoms with Crippen molar-refractivity contribution in [2.45, 2.75) is 181 Å². The van der Waals surface area contributed by atoms with Gasteiger partial charge in [0, 0.05) is 15.6 Å². The molecule has 6 aliphatic rings. The zero-order valence-corrected chi connectivity index (χ0v) is 64.2. The van der Waals surface area contributed by atoms with E-state index in [9.17, 15) is 30.0 Å². The van der Waals surface area contributed by atoms with E-state index in [1.54, 1.807) is 12.1 Å². The molecule has 9 atom stereocenters. The summed E-state index contributed by atoms with van der Waals surface area (Å²) < 4.78 is 42.1. The lowest BCUT2D eigenvalue weighted by Gasteiger charge is -2.36. The van der Waals surface area contributed by atoms with Crippen LogP contribution < -0.4 is 18.6 Å². The summed E-state index contributed by atoms with van der Waals surface area (Å²) in [4.78, 5) is 35.8. The average Bonchev–Trinajstić information content (AvgIpc) is 1.49. The fourth-order valence-electron chi connectivity index (χ4n) is 15.4. The molecular weight excluding hydrogens is 1380 g/mol. The molecule has 1 N–H and O–H groups in total. The Hall–Kier alpha value is -9.66. The van der Waals surface area contributed by atoms with Crippen molar-refractivity contribution in [1.29, 1.82) is 15.8 Å². The molecule has 0 saturated heterocycles. The topological polar surface area (TPSA) is 207 Å². The lowest BCUT2D eigenvalue weighted by Crippen LogP contribution is -2.43. The third-order valence-corrected chi connectivity index (χ3v) is 27.2. The summed E-state index contributed by atoms with van der Waals surface area (Å²) in [5.41, 5.74) is 20.7. The standard InChI is InChI=1S/C36H43NO4Si.C30H29NO4.C22H20BrNO3/c1-9-39-35(38)31-20-30(31)24-10-13-26(14-11-24)40-32-17-16-29-28(32)15-12-25(21-37)34(29)33-22(2)18-27(19-23(33)3)41-42(7,8)36(4,5)6;1-4-34-30(33)26-15-25(26)19-5-8-22(9-6-19)35-27-12-11-24-23(27)10-7-20(16-31)29(24)28-17(2)13-21(32)14-18(28)3;1-2-26-22(25)19-11-18(19)13-3-6-15(7-4-13)27-20-10-9-17-16(20)8-5-14(12-24)21(17)23/h10-15,18-19,30-32H,9,16-17,20H2,1-8H3;5-10,13-14,25-27,32H,4,11-12,15H2,1-3H3;3-8,18-20H,2,9-11H2,1H3/t30-,31+,32-;25-,26+,27-;18-,19+,20-/m111/s1. The highest BCUT2D eigenvalue weighted by atomic mass is 79.9. The van der Waals surface area contributed by atoms with Crippen LogP contribution in [0, 0.1) is 79.4 Å². The van der Waals surface area contributed by atoms with Crippen LogP contribution in [0.15, 0.2) is 138 Å². The van der Waals surface area contributed by atoms with Crippen molar-refractivity contribution in [3.05, 3.63) is 227 Å². The molecule has 0 bridgehead atoms. The first-order chi connectivity index (χ1) is 49.9. The van der Waals surface area contributed by atoms with Gasteiger partial charge in [-0.3, -0.25) is 14.4 Å². The molecule has 0 aromatic heterocycles. The maximum absolute atomic E-state index is 12.1. The van der Waals surface area contributed by atoms with Crippen LogP contribution in [0.25, 0.3) is 22.3 Å². The van der Waals surface area contributed by atoms with E-state index >= 15 is 0 Å². The monoisotopic (exact) mass is 1470 g/mol. The molecule has 8 aromatic carbocycles. The summed E-state index contributed by atoms with van der Waals surface area (Å²) in [6.07, 6.45) is 7.57. The number of phenolic OH excluding ortho intramolecular Hbond substituents is 1. The van der Waals surface area contributed by atoms with E-state index in [4.69, 9.17) is 38.1 Å². The van der Waals surface area contributed by atoms with Crippen LogP contribution in [0.2, 0.25) is 18.1 Å². The third-order valence-electron chi connectivity index (χ3n) is 22.0. The van der Waals surface area contributed by atoms with Gasteiger partial charge in [0.05, 0.1) is 66.4 Å². The Kier molecular flexibility index (Phi) is 22.0. The van der Waals surface area contributed by atoms with Crippen molar-refractivity contribution >= 4 is 42.2 Å². The first-order valence-electron chi connectivity index (χ1n) is 36.6. The molecule has 6 aliphatic carbocycles. The first kappa shape index (κ1) is 74.1. The van der Waals surface area contributed by atoms with Gasteiger partial charge in [-0.05, 0) is 320 Å². The molecule has 3 saturated carbocycles. The molecule has 0 heterocycles. The number of esters is 3. The van der Waals surface area contributed by atoms with Crippen molar-refractivity contribution in [1.82, 2.24) is 0 Å². The third kappa shape index (κ3) is 15.7. The molecule has 0 spiro atoms. The number of rotatable bonds is 19. The zero-order chi connectivity index (χ0) is 74.1. The van der Waals surface area contributed by atoms with E-state index in [0.29, 0.717) is 36.5 Å². The second-order valence-corrected chi connectivity index (χ2v) is 35.5. The Morgan fingerprint density at radius 1 is 0.462 bits per heavy atom. The lowest BCUT2D eigenvalue weighted by atomic mass is 9.87. The van der Waals surface area contributed by atoms with Gasteiger partial charge in [-0.2, -0.15) is 15.8 Å². The zero-order valence-electron chi connectivity index (χ0n) is 61.6. The number of nitrogens with zero attached hydrogens (tertiary/aromatic N) is 3. The molecule has 0 aliphatic heterocycles. The Bertz CT molecular complexity index is 4690. The van der Waals surface area contributed by atoms with E-state index in [1.807, 2.05) is 126 Å². The Labute approximate surface area is 621 Å². The number of carbonyl (C=O) groups excluding carboxylic acids is 3. The molecule has 0 amide bonds. The summed E-state index contributed by atoms with van der Waals surface area (Å²) in [6, 6.07) is 50.8. The number of carbonyl (C=O) groups is 3. The van der Waals surface area contributed by atoms with Gasteiger partial charge in [-0.15, -0.1) is 0 Å². The second-order valence-electron chi connectivity index (χ2n) is 29.9. The maximum Gasteiger partial charge on any atom is 0.309 e. The predicted octanol–water partition coefficient (Wildman–Crippen LogP) is 20.3. The van der Waals surface area contributed by atoms with Gasteiger partial charge >= 0.3 is 17.9 Å². The number of aryl methyl sites for hydroxylation is 4.